The van der Waals surface area contributed by atoms with E-state index in [-0.39, 0.29) is 24.5 Å². The average Bonchev–Trinajstić information content (AvgIpc) is 3.48. The first-order chi connectivity index (χ1) is 22.5. The molecule has 4 aromatic carbocycles. The van der Waals surface area contributed by atoms with Gasteiger partial charge in [0, 0.05) is 28.6 Å². The van der Waals surface area contributed by atoms with Crippen molar-refractivity contribution in [3.8, 4) is 17.1 Å². The Labute approximate surface area is 274 Å². The summed E-state index contributed by atoms with van der Waals surface area (Å²) in [6.45, 7) is 4.47. The Morgan fingerprint density at radius 3 is 2.28 bits per heavy atom. The highest BCUT2D eigenvalue weighted by atomic mass is 32.2. The Kier molecular flexibility index (Phi) is 10.7. The van der Waals surface area contributed by atoms with E-state index in [1.165, 1.54) is 0 Å². The molecule has 1 unspecified atom stereocenters. The number of furan rings is 1. The van der Waals surface area contributed by atoms with E-state index in [0.717, 1.165) is 39.0 Å². The Hall–Kier alpha value is -4.99. The number of hydrogen-bond acceptors (Lipinski definition) is 6. The molecule has 0 radical (unpaired) electrons. The van der Waals surface area contributed by atoms with Crippen molar-refractivity contribution in [2.24, 2.45) is 0 Å². The lowest BCUT2D eigenvalue weighted by atomic mass is 9.90. The molecule has 0 aliphatic heterocycles. The quantitative estimate of drug-likeness (QED) is 0.0704. The predicted molar refractivity (Wildman–Crippen MR) is 185 cm³/mol. The maximum absolute atomic E-state index is 13.8. The van der Waals surface area contributed by atoms with Crippen molar-refractivity contribution in [1.82, 2.24) is 0 Å². The lowest BCUT2D eigenvalue weighted by Gasteiger charge is -2.18. The van der Waals surface area contributed by atoms with Crippen molar-refractivity contribution >= 4 is 38.5 Å². The molecule has 0 aliphatic rings. The van der Waals surface area contributed by atoms with Crippen LogP contribution in [-0.2, 0) is 21.3 Å². The zero-order valence-electron chi connectivity index (χ0n) is 26.3. The van der Waals surface area contributed by atoms with Crippen molar-refractivity contribution < 1.29 is 31.7 Å². The molecular weight excluding hydrogens is 614 g/mol. The zero-order valence-corrected chi connectivity index (χ0v) is 27.1. The number of Topliss-reactive ketones (excluding diaryl/α,β-unsaturated/α-hetero) is 1. The summed E-state index contributed by atoms with van der Waals surface area (Å²) in [6, 6.07) is 31.8. The monoisotopic (exact) mass is 651 g/mol. The summed E-state index contributed by atoms with van der Waals surface area (Å²) in [6.07, 6.45) is 2.40. The molecule has 5 rings (SSSR count). The molecule has 242 valence electrons. The van der Waals surface area contributed by atoms with E-state index in [4.69, 9.17) is 13.7 Å². The standard InChI is InChI=1S/C38H37NO7S/c1-26(2)21-22-45-33-19-15-28(16-20-33)34(24-27-9-11-29(12-10-27)35(40)7-5-23-47(42,43)44)38(41)39-32-17-13-30(14-18-32)37-25-31-6-3-4-8-36(31)46-37/h3-4,6,8-21,25,34H,5,7,22-24H2,1-2H3,(H,39,41)(H,42,43,44). The number of hydrogen-bond donors (Lipinski definition) is 2. The number of carbonyl (C=O) groups is 2. The van der Waals surface area contributed by atoms with Crippen molar-refractivity contribution in [2.45, 2.75) is 39.0 Å². The third-order valence-corrected chi connectivity index (χ3v) is 8.53. The highest BCUT2D eigenvalue weighted by Gasteiger charge is 2.22. The molecule has 0 saturated heterocycles. The number of allylic oxidation sites excluding steroid dienone is 1. The molecule has 47 heavy (non-hydrogen) atoms. The molecular formula is C38H37NO7S. The molecule has 0 saturated carbocycles. The minimum atomic E-state index is -4.12. The van der Waals surface area contributed by atoms with Gasteiger partial charge in [-0.15, -0.1) is 0 Å². The zero-order chi connectivity index (χ0) is 33.4. The Morgan fingerprint density at radius 2 is 1.62 bits per heavy atom. The van der Waals surface area contributed by atoms with Crippen LogP contribution in [0.4, 0.5) is 5.69 Å². The number of anilines is 1. The number of carbonyl (C=O) groups excluding carboxylic acids is 2. The van der Waals surface area contributed by atoms with Crippen molar-refractivity contribution in [2.75, 3.05) is 17.7 Å². The van der Waals surface area contributed by atoms with Crippen LogP contribution in [0.2, 0.25) is 0 Å². The molecule has 9 heteroatoms. The fraction of sp³-hybridized carbons (Fsp3) is 0.211. The Balaban J connectivity index is 1.31. The van der Waals surface area contributed by atoms with Crippen LogP contribution in [0, 0.1) is 0 Å². The second-order valence-electron chi connectivity index (χ2n) is 11.6. The van der Waals surface area contributed by atoms with Gasteiger partial charge in [0.1, 0.15) is 23.7 Å². The first-order valence-corrected chi connectivity index (χ1v) is 17.0. The molecule has 2 N–H and O–H groups in total. The van der Waals surface area contributed by atoms with E-state index in [1.54, 1.807) is 24.3 Å². The summed E-state index contributed by atoms with van der Waals surface area (Å²) in [4.78, 5) is 26.3. The van der Waals surface area contributed by atoms with Crippen LogP contribution in [0.5, 0.6) is 5.75 Å². The third-order valence-electron chi connectivity index (χ3n) is 7.72. The molecule has 1 atom stereocenters. The number of benzene rings is 4. The lowest BCUT2D eigenvalue weighted by Crippen LogP contribution is -2.23. The first-order valence-electron chi connectivity index (χ1n) is 15.4. The maximum atomic E-state index is 13.8. The topological polar surface area (TPSA) is 123 Å². The normalized spacial score (nSPS) is 12.0. The van der Waals surface area contributed by atoms with Gasteiger partial charge in [0.2, 0.25) is 5.91 Å². The van der Waals surface area contributed by atoms with Gasteiger partial charge in [-0.25, -0.2) is 0 Å². The second-order valence-corrected chi connectivity index (χ2v) is 13.2. The average molecular weight is 652 g/mol. The summed E-state index contributed by atoms with van der Waals surface area (Å²) in [5.41, 5.74) is 5.61. The van der Waals surface area contributed by atoms with Crippen LogP contribution in [0.25, 0.3) is 22.3 Å². The SMILES string of the molecule is CC(C)=CCOc1ccc(C(Cc2ccc(C(=O)CCCS(=O)(=O)O)cc2)C(=O)Nc2ccc(-c3cc4ccccc4o3)cc2)cc1. The molecule has 5 aromatic rings. The van der Waals surface area contributed by atoms with E-state index in [2.05, 4.69) is 5.32 Å². The summed E-state index contributed by atoms with van der Waals surface area (Å²) < 4.78 is 42.7. The molecule has 8 nitrogen and oxygen atoms in total. The number of ketones is 1. The summed E-state index contributed by atoms with van der Waals surface area (Å²) >= 11 is 0. The van der Waals surface area contributed by atoms with Gasteiger partial charge in [-0.05, 0) is 92.4 Å². The minimum absolute atomic E-state index is 0.00133. The van der Waals surface area contributed by atoms with Crippen LogP contribution in [-0.4, -0.2) is 37.0 Å². The largest absolute Gasteiger partial charge is 0.490 e. The van der Waals surface area contributed by atoms with Crippen LogP contribution < -0.4 is 10.1 Å². The number of rotatable bonds is 14. The van der Waals surface area contributed by atoms with Crippen molar-refractivity contribution in [3.05, 3.63) is 131 Å². The molecule has 1 aromatic heterocycles. The third kappa shape index (κ3) is 9.51. The van der Waals surface area contributed by atoms with E-state index in [9.17, 15) is 18.0 Å². The Morgan fingerprint density at radius 1 is 0.915 bits per heavy atom. The lowest BCUT2D eigenvalue weighted by molar-refractivity contribution is -0.117. The van der Waals surface area contributed by atoms with E-state index < -0.39 is 21.8 Å². The minimum Gasteiger partial charge on any atom is -0.490 e. The fourth-order valence-electron chi connectivity index (χ4n) is 5.16. The predicted octanol–water partition coefficient (Wildman–Crippen LogP) is 8.26. The molecule has 1 amide bonds. The summed E-state index contributed by atoms with van der Waals surface area (Å²) in [5, 5.41) is 4.08. The molecule has 0 fully saturated rings. The van der Waals surface area contributed by atoms with Gasteiger partial charge in [-0.2, -0.15) is 8.42 Å². The summed E-state index contributed by atoms with van der Waals surface area (Å²) in [5.74, 6) is 0.0230. The number of para-hydroxylation sites is 1. The molecule has 0 spiro atoms. The van der Waals surface area contributed by atoms with Gasteiger partial charge in [-0.1, -0.05) is 60.2 Å². The molecule has 0 aliphatic carbocycles. The highest BCUT2D eigenvalue weighted by molar-refractivity contribution is 7.85. The fourth-order valence-corrected chi connectivity index (χ4v) is 5.67. The van der Waals surface area contributed by atoms with Gasteiger partial charge in [-0.3, -0.25) is 14.1 Å². The maximum Gasteiger partial charge on any atom is 0.264 e. The van der Waals surface area contributed by atoms with Gasteiger partial charge >= 0.3 is 0 Å². The van der Waals surface area contributed by atoms with Crippen LogP contribution in [0.3, 0.4) is 0 Å². The number of ether oxygens (including phenoxy) is 1. The summed E-state index contributed by atoms with van der Waals surface area (Å²) in [7, 11) is -4.12. The van der Waals surface area contributed by atoms with Crippen LogP contribution >= 0.6 is 0 Å². The van der Waals surface area contributed by atoms with Crippen LogP contribution in [0.15, 0.2) is 119 Å². The highest BCUT2D eigenvalue weighted by Crippen LogP contribution is 2.30. The second kappa shape index (κ2) is 15.1. The van der Waals surface area contributed by atoms with Gasteiger partial charge in [0.25, 0.3) is 10.1 Å². The van der Waals surface area contributed by atoms with Crippen molar-refractivity contribution in [1.29, 1.82) is 0 Å². The smallest absolute Gasteiger partial charge is 0.264 e. The number of fused-ring (bicyclic) bond motifs is 1. The first kappa shape index (κ1) is 33.4. The van der Waals surface area contributed by atoms with Gasteiger partial charge in [0.15, 0.2) is 5.78 Å². The van der Waals surface area contributed by atoms with E-state index >= 15 is 0 Å². The van der Waals surface area contributed by atoms with E-state index in [0.29, 0.717) is 30.0 Å². The molecule has 1 heterocycles. The number of nitrogens with one attached hydrogen (secondary N) is 1. The van der Waals surface area contributed by atoms with Crippen molar-refractivity contribution in [3.63, 3.8) is 0 Å². The van der Waals surface area contributed by atoms with E-state index in [1.807, 2.05) is 98.8 Å². The van der Waals surface area contributed by atoms with Gasteiger partial charge < -0.3 is 14.5 Å². The number of amides is 1. The Bertz CT molecular complexity index is 1940. The van der Waals surface area contributed by atoms with Crippen LogP contribution in [0.1, 0.15) is 54.1 Å². The molecule has 0 bridgehead atoms. The van der Waals surface area contributed by atoms with Gasteiger partial charge in [0.05, 0.1) is 11.7 Å².